The molecule has 2 aromatic rings. The second-order valence-corrected chi connectivity index (χ2v) is 7.45. The van der Waals surface area contributed by atoms with Crippen LogP contribution in [0.3, 0.4) is 0 Å². The third-order valence-corrected chi connectivity index (χ3v) is 5.03. The Labute approximate surface area is 132 Å². The van der Waals surface area contributed by atoms with Crippen LogP contribution in [0.4, 0.5) is 10.1 Å². The van der Waals surface area contributed by atoms with E-state index < -0.39 is 15.8 Å². The van der Waals surface area contributed by atoms with Crippen LogP contribution >= 0.6 is 38.5 Å². The van der Waals surface area contributed by atoms with Gasteiger partial charge in [-0.2, -0.15) is 0 Å². The SMILES string of the molecule is O=S(=O)(Nc1ccc(F)cc1I)c1cccc(Br)c1. The number of benzene rings is 2. The second kappa shape index (κ2) is 5.76. The largest absolute Gasteiger partial charge is 0.279 e. The van der Waals surface area contributed by atoms with Gasteiger partial charge in [-0.3, -0.25) is 4.72 Å². The number of nitrogens with one attached hydrogen (secondary N) is 1. The van der Waals surface area contributed by atoms with Crippen LogP contribution in [0.1, 0.15) is 0 Å². The Morgan fingerprint density at radius 2 is 1.89 bits per heavy atom. The summed E-state index contributed by atoms with van der Waals surface area (Å²) in [5.41, 5.74) is 0.349. The van der Waals surface area contributed by atoms with E-state index in [2.05, 4.69) is 20.7 Å². The molecule has 7 heteroatoms. The maximum absolute atomic E-state index is 13.0. The lowest BCUT2D eigenvalue weighted by atomic mass is 10.3. The van der Waals surface area contributed by atoms with E-state index in [-0.39, 0.29) is 4.90 Å². The molecule has 0 aliphatic carbocycles. The summed E-state index contributed by atoms with van der Waals surface area (Å²) in [6.07, 6.45) is 0. The third kappa shape index (κ3) is 3.67. The van der Waals surface area contributed by atoms with Crippen LogP contribution in [0.2, 0.25) is 0 Å². The van der Waals surface area contributed by atoms with Gasteiger partial charge in [0.15, 0.2) is 0 Å². The fraction of sp³-hybridized carbons (Fsp3) is 0. The summed E-state index contributed by atoms with van der Waals surface area (Å²) >= 11 is 5.10. The van der Waals surface area contributed by atoms with Gasteiger partial charge in [-0.05, 0) is 59.0 Å². The van der Waals surface area contributed by atoms with E-state index in [4.69, 9.17) is 0 Å². The summed E-state index contributed by atoms with van der Waals surface area (Å²) in [6.45, 7) is 0. The van der Waals surface area contributed by atoms with Gasteiger partial charge in [0.05, 0.1) is 10.6 Å². The van der Waals surface area contributed by atoms with Crippen LogP contribution in [-0.4, -0.2) is 8.42 Å². The lowest BCUT2D eigenvalue weighted by molar-refractivity contribution is 0.601. The first-order chi connectivity index (χ1) is 8.88. The number of anilines is 1. The number of sulfonamides is 1. The minimum atomic E-state index is -3.68. The molecule has 2 rings (SSSR count). The van der Waals surface area contributed by atoms with Gasteiger partial charge >= 0.3 is 0 Å². The van der Waals surface area contributed by atoms with Crippen LogP contribution in [0.5, 0.6) is 0 Å². The highest BCUT2D eigenvalue weighted by atomic mass is 127. The van der Waals surface area contributed by atoms with Crippen LogP contribution in [0.25, 0.3) is 0 Å². The highest BCUT2D eigenvalue weighted by Crippen LogP contribution is 2.23. The molecular weight excluding hydrogens is 448 g/mol. The first kappa shape index (κ1) is 14.7. The van der Waals surface area contributed by atoms with Crippen molar-refractivity contribution in [1.29, 1.82) is 0 Å². The summed E-state index contributed by atoms with van der Waals surface area (Å²) in [4.78, 5) is 0.141. The van der Waals surface area contributed by atoms with Gasteiger partial charge in [0.1, 0.15) is 5.82 Å². The minimum Gasteiger partial charge on any atom is -0.279 e. The van der Waals surface area contributed by atoms with Crippen molar-refractivity contribution in [2.75, 3.05) is 4.72 Å². The smallest absolute Gasteiger partial charge is 0.261 e. The normalized spacial score (nSPS) is 11.3. The van der Waals surface area contributed by atoms with Gasteiger partial charge in [-0.25, -0.2) is 12.8 Å². The topological polar surface area (TPSA) is 46.2 Å². The van der Waals surface area contributed by atoms with Gasteiger partial charge in [0, 0.05) is 8.04 Å². The molecule has 19 heavy (non-hydrogen) atoms. The Hall–Kier alpha value is -0.670. The Morgan fingerprint density at radius 3 is 2.53 bits per heavy atom. The van der Waals surface area contributed by atoms with E-state index >= 15 is 0 Å². The van der Waals surface area contributed by atoms with Crippen LogP contribution in [-0.2, 0) is 10.0 Å². The molecule has 0 spiro atoms. The Kier molecular flexibility index (Phi) is 4.46. The lowest BCUT2D eigenvalue weighted by Crippen LogP contribution is -2.13. The van der Waals surface area contributed by atoms with Gasteiger partial charge in [0.2, 0.25) is 0 Å². The Balaban J connectivity index is 2.36. The number of hydrogen-bond acceptors (Lipinski definition) is 2. The molecule has 0 aliphatic rings. The molecule has 0 amide bonds. The predicted molar refractivity (Wildman–Crippen MR) is 84.1 cm³/mol. The molecule has 0 heterocycles. The van der Waals surface area contributed by atoms with E-state index in [1.54, 1.807) is 12.1 Å². The standard InChI is InChI=1S/C12H8BrFINO2S/c13-8-2-1-3-10(6-8)19(17,18)16-12-5-4-9(14)7-11(12)15/h1-7,16H. The van der Waals surface area contributed by atoms with Crippen LogP contribution < -0.4 is 4.72 Å². The minimum absolute atomic E-state index is 0.141. The third-order valence-electron chi connectivity index (χ3n) is 2.28. The summed E-state index contributed by atoms with van der Waals surface area (Å²) in [7, 11) is -3.68. The fourth-order valence-corrected chi connectivity index (χ4v) is 3.88. The van der Waals surface area contributed by atoms with E-state index in [1.165, 1.54) is 30.3 Å². The van der Waals surface area contributed by atoms with Gasteiger partial charge in [0.25, 0.3) is 10.0 Å². The Bertz CT molecular complexity index is 721. The average molecular weight is 456 g/mol. The molecule has 0 radical (unpaired) electrons. The molecule has 0 saturated carbocycles. The van der Waals surface area contributed by atoms with Gasteiger partial charge in [-0.1, -0.05) is 22.0 Å². The summed E-state index contributed by atoms with van der Waals surface area (Å²) < 4.78 is 40.9. The first-order valence-corrected chi connectivity index (χ1v) is 8.47. The molecular formula is C12H8BrFINO2S. The summed E-state index contributed by atoms with van der Waals surface area (Å²) in [5, 5.41) is 0. The first-order valence-electron chi connectivity index (χ1n) is 5.12. The molecule has 0 saturated heterocycles. The number of rotatable bonds is 3. The zero-order chi connectivity index (χ0) is 14.0. The summed E-state index contributed by atoms with van der Waals surface area (Å²) in [5.74, 6) is -0.408. The molecule has 3 nitrogen and oxygen atoms in total. The van der Waals surface area contributed by atoms with E-state index in [9.17, 15) is 12.8 Å². The molecule has 0 bridgehead atoms. The molecule has 2 aromatic carbocycles. The zero-order valence-electron chi connectivity index (χ0n) is 9.40. The van der Waals surface area contributed by atoms with Crippen LogP contribution in [0, 0.1) is 9.39 Å². The second-order valence-electron chi connectivity index (χ2n) is 3.69. The monoisotopic (exact) mass is 455 g/mol. The van der Waals surface area contributed by atoms with Crippen molar-refractivity contribution in [3.8, 4) is 0 Å². The van der Waals surface area contributed by atoms with Crippen LogP contribution in [0.15, 0.2) is 51.8 Å². The van der Waals surface area contributed by atoms with Gasteiger partial charge in [-0.15, -0.1) is 0 Å². The number of halogens is 3. The molecule has 0 fully saturated rings. The van der Waals surface area contributed by atoms with Crippen molar-refractivity contribution in [3.05, 3.63) is 56.3 Å². The maximum atomic E-state index is 13.0. The van der Waals surface area contributed by atoms with Crippen molar-refractivity contribution in [2.24, 2.45) is 0 Å². The predicted octanol–water partition coefficient (Wildman–Crippen LogP) is 3.99. The van der Waals surface area contributed by atoms with Crippen molar-refractivity contribution < 1.29 is 12.8 Å². The Morgan fingerprint density at radius 1 is 1.16 bits per heavy atom. The van der Waals surface area contributed by atoms with E-state index in [0.29, 0.717) is 13.7 Å². The van der Waals surface area contributed by atoms with Gasteiger partial charge < -0.3 is 0 Å². The summed E-state index contributed by atoms with van der Waals surface area (Å²) in [6, 6.07) is 10.2. The van der Waals surface area contributed by atoms with Crippen molar-refractivity contribution in [1.82, 2.24) is 0 Å². The molecule has 0 aliphatic heterocycles. The molecule has 0 aromatic heterocycles. The molecule has 0 unspecified atom stereocenters. The highest BCUT2D eigenvalue weighted by molar-refractivity contribution is 14.1. The lowest BCUT2D eigenvalue weighted by Gasteiger charge is -2.10. The molecule has 0 atom stereocenters. The van der Waals surface area contributed by atoms with Crippen molar-refractivity contribution in [3.63, 3.8) is 0 Å². The molecule has 1 N–H and O–H groups in total. The zero-order valence-corrected chi connectivity index (χ0v) is 14.0. The van der Waals surface area contributed by atoms with Crippen molar-refractivity contribution in [2.45, 2.75) is 4.90 Å². The average Bonchev–Trinajstić information content (AvgIpc) is 2.33. The van der Waals surface area contributed by atoms with E-state index in [1.807, 2.05) is 22.6 Å². The quantitative estimate of drug-likeness (QED) is 0.711. The maximum Gasteiger partial charge on any atom is 0.261 e. The highest BCUT2D eigenvalue weighted by Gasteiger charge is 2.15. The fourth-order valence-electron chi connectivity index (χ4n) is 1.41. The molecule has 100 valence electrons. The van der Waals surface area contributed by atoms with Crippen molar-refractivity contribution >= 4 is 54.2 Å². The number of hydrogen-bond donors (Lipinski definition) is 1. The van der Waals surface area contributed by atoms with E-state index in [0.717, 1.165) is 0 Å².